The first-order valence-electron chi connectivity index (χ1n) is 8.50. The SMILES string of the molecule is Cc1cc(C(=O)Nc2c(C)cnn2[C@H]2CCCc3ccccc32)on1. The molecule has 1 aliphatic rings. The third kappa shape index (κ3) is 2.84. The van der Waals surface area contributed by atoms with Gasteiger partial charge in [-0.3, -0.25) is 4.79 Å². The zero-order valence-corrected chi connectivity index (χ0v) is 14.3. The number of hydrogen-bond acceptors (Lipinski definition) is 4. The van der Waals surface area contributed by atoms with E-state index >= 15 is 0 Å². The van der Waals surface area contributed by atoms with Crippen LogP contribution in [-0.4, -0.2) is 20.8 Å². The average Bonchev–Trinajstić information content (AvgIpc) is 3.21. The third-order valence-electron chi connectivity index (χ3n) is 4.70. The second kappa shape index (κ2) is 6.20. The molecule has 6 nitrogen and oxygen atoms in total. The van der Waals surface area contributed by atoms with Gasteiger partial charge in [-0.2, -0.15) is 5.10 Å². The van der Waals surface area contributed by atoms with Gasteiger partial charge >= 0.3 is 0 Å². The van der Waals surface area contributed by atoms with E-state index in [1.807, 2.05) is 11.6 Å². The Morgan fingerprint density at radius 1 is 1.32 bits per heavy atom. The lowest BCUT2D eigenvalue weighted by molar-refractivity contribution is 0.0986. The molecule has 0 bridgehead atoms. The standard InChI is InChI=1S/C19H20N4O2/c1-12-11-20-23(16-9-5-7-14-6-3-4-8-15(14)16)18(12)21-19(24)17-10-13(2)22-25-17/h3-4,6,8,10-11,16H,5,7,9H2,1-2H3,(H,21,24)/t16-/m0/s1. The van der Waals surface area contributed by atoms with E-state index < -0.39 is 0 Å². The van der Waals surface area contributed by atoms with E-state index in [4.69, 9.17) is 4.52 Å². The van der Waals surface area contributed by atoms with E-state index in [9.17, 15) is 4.79 Å². The summed E-state index contributed by atoms with van der Waals surface area (Å²) in [5.41, 5.74) is 4.24. The van der Waals surface area contributed by atoms with Crippen molar-refractivity contribution in [1.29, 1.82) is 0 Å². The van der Waals surface area contributed by atoms with Gasteiger partial charge in [0.15, 0.2) is 0 Å². The molecule has 25 heavy (non-hydrogen) atoms. The van der Waals surface area contributed by atoms with E-state index in [0.717, 1.165) is 24.8 Å². The van der Waals surface area contributed by atoms with Crippen LogP contribution in [0.2, 0.25) is 0 Å². The summed E-state index contributed by atoms with van der Waals surface area (Å²) < 4.78 is 6.99. The van der Waals surface area contributed by atoms with Crippen LogP contribution in [-0.2, 0) is 6.42 Å². The minimum Gasteiger partial charge on any atom is -0.351 e. The molecule has 0 spiro atoms. The van der Waals surface area contributed by atoms with Gasteiger partial charge in [-0.05, 0) is 44.2 Å². The molecule has 0 radical (unpaired) electrons. The number of amides is 1. The zero-order chi connectivity index (χ0) is 17.4. The Labute approximate surface area is 145 Å². The van der Waals surface area contributed by atoms with Gasteiger partial charge in [-0.15, -0.1) is 0 Å². The molecule has 1 N–H and O–H groups in total. The fourth-order valence-corrected chi connectivity index (χ4v) is 3.46. The van der Waals surface area contributed by atoms with Crippen LogP contribution in [0.1, 0.15) is 51.8 Å². The highest BCUT2D eigenvalue weighted by Gasteiger charge is 2.26. The van der Waals surface area contributed by atoms with Crippen molar-refractivity contribution in [3.63, 3.8) is 0 Å². The normalized spacial score (nSPS) is 16.5. The maximum Gasteiger partial charge on any atom is 0.295 e. The van der Waals surface area contributed by atoms with Crippen molar-refractivity contribution in [2.75, 3.05) is 5.32 Å². The van der Waals surface area contributed by atoms with Crippen molar-refractivity contribution >= 4 is 11.7 Å². The summed E-state index contributed by atoms with van der Waals surface area (Å²) in [6.45, 7) is 3.73. The summed E-state index contributed by atoms with van der Waals surface area (Å²) in [4.78, 5) is 12.5. The van der Waals surface area contributed by atoms with Gasteiger partial charge in [0, 0.05) is 11.6 Å². The second-order valence-corrected chi connectivity index (χ2v) is 6.51. The molecule has 0 aliphatic heterocycles. The van der Waals surface area contributed by atoms with E-state index in [1.165, 1.54) is 11.1 Å². The molecule has 1 amide bonds. The van der Waals surface area contributed by atoms with E-state index in [0.29, 0.717) is 11.5 Å². The summed E-state index contributed by atoms with van der Waals surface area (Å²) in [7, 11) is 0. The topological polar surface area (TPSA) is 73.0 Å². The highest BCUT2D eigenvalue weighted by atomic mass is 16.5. The summed E-state index contributed by atoms with van der Waals surface area (Å²) in [6, 6.07) is 10.2. The first kappa shape index (κ1) is 15.6. The lowest BCUT2D eigenvalue weighted by Crippen LogP contribution is -2.22. The number of anilines is 1. The Kier molecular flexibility index (Phi) is 3.87. The molecule has 1 aliphatic carbocycles. The number of carbonyl (C=O) groups is 1. The van der Waals surface area contributed by atoms with Crippen molar-refractivity contribution in [2.45, 2.75) is 39.2 Å². The van der Waals surface area contributed by atoms with E-state index in [2.05, 4.69) is 39.8 Å². The largest absolute Gasteiger partial charge is 0.351 e. The van der Waals surface area contributed by atoms with Crippen LogP contribution in [0.15, 0.2) is 41.1 Å². The molecule has 0 fully saturated rings. The quantitative estimate of drug-likeness (QED) is 0.792. The van der Waals surface area contributed by atoms with Crippen LogP contribution in [0.4, 0.5) is 5.82 Å². The van der Waals surface area contributed by atoms with Crippen molar-refractivity contribution < 1.29 is 9.32 Å². The molecule has 0 saturated heterocycles. The number of nitrogens with zero attached hydrogens (tertiary/aromatic N) is 3. The molecule has 0 saturated carbocycles. The number of aromatic nitrogens is 3. The molecule has 1 aromatic carbocycles. The first-order chi connectivity index (χ1) is 12.1. The summed E-state index contributed by atoms with van der Waals surface area (Å²) in [5, 5.41) is 11.3. The number of fused-ring (bicyclic) bond motifs is 1. The van der Waals surface area contributed by atoms with Crippen LogP contribution >= 0.6 is 0 Å². The zero-order valence-electron chi connectivity index (χ0n) is 14.3. The lowest BCUT2D eigenvalue weighted by Gasteiger charge is -2.27. The highest BCUT2D eigenvalue weighted by molar-refractivity contribution is 6.02. The summed E-state index contributed by atoms with van der Waals surface area (Å²) in [5.74, 6) is 0.601. The minimum absolute atomic E-state index is 0.130. The Hall–Kier alpha value is -2.89. The maximum atomic E-state index is 12.5. The number of aryl methyl sites for hydroxylation is 3. The number of carbonyl (C=O) groups excluding carboxylic acids is 1. The molecule has 0 unspecified atom stereocenters. The Morgan fingerprint density at radius 2 is 2.16 bits per heavy atom. The van der Waals surface area contributed by atoms with E-state index in [-0.39, 0.29) is 17.7 Å². The van der Waals surface area contributed by atoms with Crippen molar-refractivity contribution in [1.82, 2.24) is 14.9 Å². The number of nitrogens with one attached hydrogen (secondary N) is 1. The van der Waals surface area contributed by atoms with Gasteiger partial charge in [0.1, 0.15) is 5.82 Å². The number of hydrogen-bond donors (Lipinski definition) is 1. The average molecular weight is 336 g/mol. The van der Waals surface area contributed by atoms with Crippen LogP contribution in [0.3, 0.4) is 0 Å². The summed E-state index contributed by atoms with van der Waals surface area (Å²) in [6.07, 6.45) is 4.99. The van der Waals surface area contributed by atoms with Crippen LogP contribution in [0.25, 0.3) is 0 Å². The molecule has 2 aromatic heterocycles. The summed E-state index contributed by atoms with van der Waals surface area (Å²) >= 11 is 0. The molecular formula is C19H20N4O2. The van der Waals surface area contributed by atoms with Crippen molar-refractivity contribution in [3.8, 4) is 0 Å². The second-order valence-electron chi connectivity index (χ2n) is 6.51. The lowest BCUT2D eigenvalue weighted by atomic mass is 9.88. The van der Waals surface area contributed by atoms with Gasteiger partial charge in [0.2, 0.25) is 5.76 Å². The predicted octanol–water partition coefficient (Wildman–Crippen LogP) is 3.67. The molecule has 3 aromatic rings. The third-order valence-corrected chi connectivity index (χ3v) is 4.70. The number of rotatable bonds is 3. The van der Waals surface area contributed by atoms with Gasteiger partial charge in [-0.1, -0.05) is 29.4 Å². The van der Waals surface area contributed by atoms with Gasteiger partial charge in [0.25, 0.3) is 5.91 Å². The Bertz CT molecular complexity index is 925. The monoisotopic (exact) mass is 336 g/mol. The molecular weight excluding hydrogens is 316 g/mol. The van der Waals surface area contributed by atoms with Gasteiger partial charge in [-0.25, -0.2) is 4.68 Å². The Balaban J connectivity index is 1.68. The minimum atomic E-state index is -0.311. The molecule has 6 heteroatoms. The van der Waals surface area contributed by atoms with Crippen LogP contribution < -0.4 is 5.32 Å². The van der Waals surface area contributed by atoms with Gasteiger partial charge in [0.05, 0.1) is 17.9 Å². The maximum absolute atomic E-state index is 12.5. The molecule has 1 atom stereocenters. The number of benzene rings is 1. The fourth-order valence-electron chi connectivity index (χ4n) is 3.46. The first-order valence-corrected chi connectivity index (χ1v) is 8.50. The highest BCUT2D eigenvalue weighted by Crippen LogP contribution is 2.35. The van der Waals surface area contributed by atoms with Crippen molar-refractivity contribution in [2.24, 2.45) is 0 Å². The van der Waals surface area contributed by atoms with E-state index in [1.54, 1.807) is 19.2 Å². The Morgan fingerprint density at radius 3 is 2.96 bits per heavy atom. The molecule has 2 heterocycles. The molecule has 4 rings (SSSR count). The predicted molar refractivity (Wildman–Crippen MR) is 93.7 cm³/mol. The smallest absolute Gasteiger partial charge is 0.295 e. The molecule has 128 valence electrons. The van der Waals surface area contributed by atoms with Crippen LogP contribution in [0.5, 0.6) is 0 Å². The van der Waals surface area contributed by atoms with Crippen LogP contribution in [0, 0.1) is 13.8 Å². The fraction of sp³-hybridized carbons (Fsp3) is 0.316. The van der Waals surface area contributed by atoms with Crippen molar-refractivity contribution in [3.05, 3.63) is 64.7 Å². The van der Waals surface area contributed by atoms with Gasteiger partial charge < -0.3 is 9.84 Å².